The van der Waals surface area contributed by atoms with Crippen LogP contribution in [0.25, 0.3) is 0 Å². The van der Waals surface area contributed by atoms with Gasteiger partial charge >= 0.3 is 0 Å². The van der Waals surface area contributed by atoms with Crippen molar-refractivity contribution >= 4 is 28.9 Å². The summed E-state index contributed by atoms with van der Waals surface area (Å²) in [6.45, 7) is 5.66. The van der Waals surface area contributed by atoms with Crippen LogP contribution < -0.4 is 16.0 Å². The van der Waals surface area contributed by atoms with Crippen LogP contribution in [0.5, 0.6) is 0 Å². The van der Waals surface area contributed by atoms with Crippen LogP contribution in [0.4, 0.5) is 17.1 Å². The second kappa shape index (κ2) is 7.74. The van der Waals surface area contributed by atoms with Crippen molar-refractivity contribution in [2.45, 2.75) is 6.92 Å². The number of amides is 2. The predicted molar refractivity (Wildman–Crippen MR) is 91.6 cm³/mol. The Morgan fingerprint density at radius 1 is 1.09 bits per heavy atom. The van der Waals surface area contributed by atoms with Crippen molar-refractivity contribution in [3.05, 3.63) is 60.9 Å². The van der Waals surface area contributed by atoms with E-state index in [0.29, 0.717) is 23.5 Å². The standard InChI is InChI=1S/C17H18N4O2/c1-3-8-19-16-9-13(10-18-11-16)17(23)21-15-6-4-14(5-7-15)20-12(2)22/h3-7,9-11,19H,1,8H2,2H3,(H,20,22)(H,21,23). The zero-order chi connectivity index (χ0) is 16.7. The quantitative estimate of drug-likeness (QED) is 0.716. The fraction of sp³-hybridized carbons (Fsp3) is 0.118. The van der Waals surface area contributed by atoms with E-state index in [1.165, 1.54) is 13.1 Å². The molecule has 0 radical (unpaired) electrons. The number of pyridine rings is 1. The maximum Gasteiger partial charge on any atom is 0.257 e. The Morgan fingerprint density at radius 2 is 1.74 bits per heavy atom. The Bertz CT molecular complexity index is 711. The summed E-state index contributed by atoms with van der Waals surface area (Å²) in [7, 11) is 0. The lowest BCUT2D eigenvalue weighted by molar-refractivity contribution is -0.114. The number of hydrogen-bond acceptors (Lipinski definition) is 4. The molecule has 23 heavy (non-hydrogen) atoms. The summed E-state index contributed by atoms with van der Waals surface area (Å²) in [5, 5.41) is 8.53. The van der Waals surface area contributed by atoms with Crippen LogP contribution in [-0.4, -0.2) is 23.3 Å². The van der Waals surface area contributed by atoms with Gasteiger partial charge in [-0.15, -0.1) is 6.58 Å². The second-order valence-corrected chi connectivity index (χ2v) is 4.84. The number of nitrogens with one attached hydrogen (secondary N) is 3. The van der Waals surface area contributed by atoms with Crippen molar-refractivity contribution in [3.8, 4) is 0 Å². The number of benzene rings is 1. The Morgan fingerprint density at radius 3 is 2.35 bits per heavy atom. The number of carbonyl (C=O) groups excluding carboxylic acids is 2. The molecule has 0 aliphatic carbocycles. The highest BCUT2D eigenvalue weighted by Gasteiger charge is 2.07. The van der Waals surface area contributed by atoms with Crippen LogP contribution in [0.3, 0.4) is 0 Å². The lowest BCUT2D eigenvalue weighted by Crippen LogP contribution is -2.13. The molecule has 0 aliphatic rings. The molecule has 0 aliphatic heterocycles. The molecule has 0 fully saturated rings. The average molecular weight is 310 g/mol. The van der Waals surface area contributed by atoms with E-state index in [2.05, 4.69) is 27.5 Å². The first-order valence-electron chi connectivity index (χ1n) is 7.07. The monoisotopic (exact) mass is 310 g/mol. The topological polar surface area (TPSA) is 83.1 Å². The molecule has 0 atom stereocenters. The number of rotatable bonds is 6. The van der Waals surface area contributed by atoms with Crippen molar-refractivity contribution in [3.63, 3.8) is 0 Å². The lowest BCUT2D eigenvalue weighted by atomic mass is 10.2. The Kier molecular flexibility index (Phi) is 5.46. The molecule has 6 heteroatoms. The van der Waals surface area contributed by atoms with Gasteiger partial charge < -0.3 is 16.0 Å². The van der Waals surface area contributed by atoms with E-state index in [1.54, 1.807) is 42.6 Å². The van der Waals surface area contributed by atoms with Gasteiger partial charge in [0.2, 0.25) is 5.91 Å². The van der Waals surface area contributed by atoms with E-state index in [9.17, 15) is 9.59 Å². The van der Waals surface area contributed by atoms with Gasteiger partial charge in [-0.3, -0.25) is 14.6 Å². The minimum absolute atomic E-state index is 0.142. The second-order valence-electron chi connectivity index (χ2n) is 4.84. The third-order valence-corrected chi connectivity index (χ3v) is 2.91. The average Bonchev–Trinajstić information content (AvgIpc) is 2.54. The van der Waals surface area contributed by atoms with Gasteiger partial charge in [0.1, 0.15) is 0 Å². The van der Waals surface area contributed by atoms with Gasteiger partial charge in [-0.2, -0.15) is 0 Å². The van der Waals surface area contributed by atoms with Crippen molar-refractivity contribution < 1.29 is 9.59 Å². The molecule has 0 saturated heterocycles. The van der Waals surface area contributed by atoms with Crippen LogP contribution in [-0.2, 0) is 4.79 Å². The molecule has 1 aromatic heterocycles. The molecule has 2 rings (SSSR count). The van der Waals surface area contributed by atoms with Crippen molar-refractivity contribution in [1.82, 2.24) is 4.98 Å². The van der Waals surface area contributed by atoms with E-state index in [-0.39, 0.29) is 11.8 Å². The van der Waals surface area contributed by atoms with Gasteiger partial charge in [-0.1, -0.05) is 6.08 Å². The molecule has 0 unspecified atom stereocenters. The maximum atomic E-state index is 12.2. The van der Waals surface area contributed by atoms with Gasteiger partial charge in [0, 0.05) is 37.2 Å². The number of carbonyl (C=O) groups is 2. The zero-order valence-corrected chi connectivity index (χ0v) is 12.8. The van der Waals surface area contributed by atoms with Crippen LogP contribution in [0.1, 0.15) is 17.3 Å². The van der Waals surface area contributed by atoms with E-state index >= 15 is 0 Å². The molecule has 0 bridgehead atoms. The normalized spacial score (nSPS) is 9.78. The summed E-state index contributed by atoms with van der Waals surface area (Å²) in [6, 6.07) is 8.60. The highest BCUT2D eigenvalue weighted by molar-refractivity contribution is 6.04. The Hall–Kier alpha value is -3.15. The predicted octanol–water partition coefficient (Wildman–Crippen LogP) is 2.89. The zero-order valence-electron chi connectivity index (χ0n) is 12.8. The molecule has 0 saturated carbocycles. The summed E-state index contributed by atoms with van der Waals surface area (Å²) in [5.41, 5.74) is 2.50. The highest BCUT2D eigenvalue weighted by atomic mass is 16.2. The van der Waals surface area contributed by atoms with Crippen molar-refractivity contribution in [2.24, 2.45) is 0 Å². The van der Waals surface area contributed by atoms with Gasteiger partial charge in [0.15, 0.2) is 0 Å². The first-order valence-corrected chi connectivity index (χ1v) is 7.07. The SMILES string of the molecule is C=CCNc1cncc(C(=O)Nc2ccc(NC(C)=O)cc2)c1. The Balaban J connectivity index is 2.03. The van der Waals surface area contributed by atoms with Crippen molar-refractivity contribution in [1.29, 1.82) is 0 Å². The summed E-state index contributed by atoms with van der Waals surface area (Å²) >= 11 is 0. The van der Waals surface area contributed by atoms with Crippen LogP contribution in [0.15, 0.2) is 55.4 Å². The first kappa shape index (κ1) is 16.2. The summed E-state index contributed by atoms with van der Waals surface area (Å²) in [4.78, 5) is 27.2. The van der Waals surface area contributed by atoms with Gasteiger partial charge in [0.25, 0.3) is 5.91 Å². The fourth-order valence-corrected chi connectivity index (χ4v) is 1.89. The third-order valence-electron chi connectivity index (χ3n) is 2.91. The number of nitrogens with zero attached hydrogens (tertiary/aromatic N) is 1. The van der Waals surface area contributed by atoms with E-state index in [4.69, 9.17) is 0 Å². The molecule has 2 aromatic rings. The van der Waals surface area contributed by atoms with Gasteiger partial charge in [-0.05, 0) is 30.3 Å². The lowest BCUT2D eigenvalue weighted by Gasteiger charge is -2.08. The molecule has 3 N–H and O–H groups in total. The molecular weight excluding hydrogens is 292 g/mol. The maximum absolute atomic E-state index is 12.2. The molecule has 118 valence electrons. The molecule has 1 aromatic carbocycles. The molecule has 1 heterocycles. The summed E-state index contributed by atoms with van der Waals surface area (Å²) in [5.74, 6) is -0.399. The number of anilines is 3. The largest absolute Gasteiger partial charge is 0.380 e. The molecule has 0 spiro atoms. The molecule has 6 nitrogen and oxygen atoms in total. The van der Waals surface area contributed by atoms with Crippen LogP contribution in [0, 0.1) is 0 Å². The number of aromatic nitrogens is 1. The van der Waals surface area contributed by atoms with Crippen LogP contribution in [0.2, 0.25) is 0 Å². The highest BCUT2D eigenvalue weighted by Crippen LogP contribution is 2.15. The Labute approximate surface area is 134 Å². The molecule has 2 amide bonds. The minimum Gasteiger partial charge on any atom is -0.380 e. The first-order chi connectivity index (χ1) is 11.1. The van der Waals surface area contributed by atoms with E-state index < -0.39 is 0 Å². The minimum atomic E-state index is -0.257. The fourth-order valence-electron chi connectivity index (χ4n) is 1.89. The smallest absolute Gasteiger partial charge is 0.257 e. The molecular formula is C17H18N4O2. The number of hydrogen-bond donors (Lipinski definition) is 3. The third kappa shape index (κ3) is 4.96. The van der Waals surface area contributed by atoms with E-state index in [0.717, 1.165) is 5.69 Å². The summed E-state index contributed by atoms with van der Waals surface area (Å²) in [6.07, 6.45) is 4.87. The van der Waals surface area contributed by atoms with Crippen LogP contribution >= 0.6 is 0 Å². The van der Waals surface area contributed by atoms with E-state index in [1.807, 2.05) is 0 Å². The summed E-state index contributed by atoms with van der Waals surface area (Å²) < 4.78 is 0. The van der Waals surface area contributed by atoms with Crippen molar-refractivity contribution in [2.75, 3.05) is 22.5 Å². The van der Waals surface area contributed by atoms with Gasteiger partial charge in [-0.25, -0.2) is 0 Å². The van der Waals surface area contributed by atoms with Gasteiger partial charge in [0.05, 0.1) is 11.3 Å².